The molecule has 0 amide bonds. The third kappa shape index (κ3) is 4.14. The third-order valence-electron chi connectivity index (χ3n) is 4.53. The van der Waals surface area contributed by atoms with E-state index in [4.69, 9.17) is 10.9 Å². The molecule has 2 aromatic heterocycles. The minimum absolute atomic E-state index is 0.0198. The molecule has 0 saturated carbocycles. The van der Waals surface area contributed by atoms with Gasteiger partial charge in [-0.3, -0.25) is 0 Å². The number of nitrogens with zero attached hydrogens (tertiary/aromatic N) is 7. The van der Waals surface area contributed by atoms with Gasteiger partial charge in [0.15, 0.2) is 5.82 Å². The zero-order chi connectivity index (χ0) is 20.6. The third-order valence-corrected chi connectivity index (χ3v) is 5.97. The number of primary sulfonamides is 1. The maximum absolute atomic E-state index is 11.4. The van der Waals surface area contributed by atoms with Crippen molar-refractivity contribution >= 4 is 45.2 Å². The number of aromatic nitrogens is 5. The Hall–Kier alpha value is -2.81. The number of rotatable bonds is 5. The Morgan fingerprint density at radius 2 is 1.72 bits per heavy atom. The van der Waals surface area contributed by atoms with Crippen molar-refractivity contribution in [3.05, 3.63) is 24.3 Å². The predicted molar refractivity (Wildman–Crippen MR) is 110 cm³/mol. The van der Waals surface area contributed by atoms with Crippen LogP contribution >= 0.6 is 11.7 Å². The Morgan fingerprint density at radius 1 is 1.07 bits per heavy atom. The molecule has 29 heavy (non-hydrogen) atoms. The average Bonchev–Trinajstić information content (AvgIpc) is 3.28. The molecule has 1 saturated heterocycles. The molecule has 5 N–H and O–H groups in total. The number of hydrogen-bond acceptors (Lipinski definition) is 11. The molecule has 1 aliphatic heterocycles. The van der Waals surface area contributed by atoms with Crippen LogP contribution in [0.4, 0.5) is 23.4 Å². The van der Waals surface area contributed by atoms with Gasteiger partial charge in [-0.25, -0.2) is 13.6 Å². The van der Waals surface area contributed by atoms with Crippen LogP contribution in [0.2, 0.25) is 0 Å². The first kappa shape index (κ1) is 19.5. The fourth-order valence-electron chi connectivity index (χ4n) is 2.92. The Labute approximate surface area is 171 Å². The van der Waals surface area contributed by atoms with E-state index in [1.165, 1.54) is 16.8 Å². The van der Waals surface area contributed by atoms with Gasteiger partial charge in [0.05, 0.1) is 16.6 Å². The lowest BCUT2D eigenvalue weighted by molar-refractivity contribution is 0.312. The maximum Gasteiger partial charge on any atom is 0.248 e. The number of nitrogens with two attached hydrogens (primary N) is 2. The van der Waals surface area contributed by atoms with E-state index in [1.807, 2.05) is 0 Å². The van der Waals surface area contributed by atoms with Crippen LogP contribution in [0.3, 0.4) is 0 Å². The summed E-state index contributed by atoms with van der Waals surface area (Å²) in [6.07, 6.45) is 0. The Morgan fingerprint density at radius 3 is 2.38 bits per heavy atom. The van der Waals surface area contributed by atoms with Crippen LogP contribution in [0.1, 0.15) is 0 Å². The van der Waals surface area contributed by atoms with Gasteiger partial charge in [0.1, 0.15) is 0 Å². The predicted octanol–water partition coefficient (Wildman–Crippen LogP) is -0.156. The van der Waals surface area contributed by atoms with Crippen molar-refractivity contribution in [2.75, 3.05) is 49.2 Å². The SMILES string of the molecule is CN1CCN(c2nsnc2-n2nc(Nc3ccc(S(N)(=O)=O)cc3)nc2N)CC1. The highest BCUT2D eigenvalue weighted by molar-refractivity contribution is 7.89. The smallest absolute Gasteiger partial charge is 0.248 e. The summed E-state index contributed by atoms with van der Waals surface area (Å²) < 4.78 is 32.9. The van der Waals surface area contributed by atoms with E-state index in [9.17, 15) is 8.42 Å². The lowest BCUT2D eigenvalue weighted by atomic mass is 10.3. The first-order chi connectivity index (χ1) is 13.8. The summed E-state index contributed by atoms with van der Waals surface area (Å²) in [5, 5.41) is 12.5. The number of sulfonamides is 1. The molecule has 3 heterocycles. The van der Waals surface area contributed by atoms with Crippen LogP contribution in [-0.4, -0.2) is 70.1 Å². The van der Waals surface area contributed by atoms with Crippen molar-refractivity contribution in [1.29, 1.82) is 0 Å². The average molecular weight is 437 g/mol. The molecule has 1 fully saturated rings. The molecule has 0 radical (unpaired) electrons. The van der Waals surface area contributed by atoms with Crippen molar-refractivity contribution in [3.63, 3.8) is 0 Å². The highest BCUT2D eigenvalue weighted by atomic mass is 32.2. The monoisotopic (exact) mass is 436 g/mol. The molecule has 14 heteroatoms. The molecule has 0 spiro atoms. The van der Waals surface area contributed by atoms with Gasteiger partial charge in [-0.2, -0.15) is 18.4 Å². The molecule has 4 rings (SSSR count). The van der Waals surface area contributed by atoms with Gasteiger partial charge in [0, 0.05) is 31.9 Å². The Bertz CT molecular complexity index is 1100. The lowest BCUT2D eigenvalue weighted by Crippen LogP contribution is -2.45. The Kier molecular flexibility index (Phi) is 5.08. The van der Waals surface area contributed by atoms with Crippen LogP contribution in [0.25, 0.3) is 5.82 Å². The molecule has 3 aromatic rings. The van der Waals surface area contributed by atoms with Crippen LogP contribution in [0.15, 0.2) is 29.2 Å². The highest BCUT2D eigenvalue weighted by Gasteiger charge is 2.23. The van der Waals surface area contributed by atoms with E-state index in [0.717, 1.165) is 43.7 Å². The second kappa shape index (κ2) is 7.55. The largest absolute Gasteiger partial charge is 0.368 e. The lowest BCUT2D eigenvalue weighted by Gasteiger charge is -2.32. The van der Waals surface area contributed by atoms with Crippen molar-refractivity contribution in [3.8, 4) is 5.82 Å². The molecule has 0 atom stereocenters. The summed E-state index contributed by atoms with van der Waals surface area (Å²) in [5.74, 6) is 1.67. The second-order valence-corrected chi connectivity index (χ2v) is 8.69. The van der Waals surface area contributed by atoms with Gasteiger partial charge >= 0.3 is 0 Å². The minimum atomic E-state index is -3.75. The van der Waals surface area contributed by atoms with Gasteiger partial charge in [-0.05, 0) is 31.3 Å². The molecule has 1 aliphatic rings. The quantitative estimate of drug-likeness (QED) is 0.490. The first-order valence-electron chi connectivity index (χ1n) is 8.70. The Balaban J connectivity index is 1.56. The van der Waals surface area contributed by atoms with E-state index in [2.05, 4.69) is 41.0 Å². The van der Waals surface area contributed by atoms with Crippen molar-refractivity contribution in [2.24, 2.45) is 5.14 Å². The zero-order valence-corrected chi connectivity index (χ0v) is 17.2. The van der Waals surface area contributed by atoms with Gasteiger partial charge in [0.2, 0.25) is 27.7 Å². The fourth-order valence-corrected chi connectivity index (χ4v) is 3.99. The van der Waals surface area contributed by atoms with Crippen LogP contribution in [-0.2, 0) is 10.0 Å². The molecular weight excluding hydrogens is 416 g/mol. The van der Waals surface area contributed by atoms with Crippen LogP contribution in [0.5, 0.6) is 0 Å². The number of piperazine rings is 1. The maximum atomic E-state index is 11.4. The number of hydrogen-bond donors (Lipinski definition) is 3. The van der Waals surface area contributed by atoms with Crippen molar-refractivity contribution in [1.82, 2.24) is 28.4 Å². The number of likely N-dealkylation sites (N-methyl/N-ethyl adjacent to an activating group) is 1. The van der Waals surface area contributed by atoms with Gasteiger partial charge in [-0.1, -0.05) is 0 Å². The number of nitrogens with one attached hydrogen (secondary N) is 1. The summed E-state index contributed by atoms with van der Waals surface area (Å²) >= 11 is 1.09. The minimum Gasteiger partial charge on any atom is -0.368 e. The summed E-state index contributed by atoms with van der Waals surface area (Å²) in [6, 6.07) is 5.93. The van der Waals surface area contributed by atoms with Gasteiger partial charge in [-0.15, -0.1) is 5.10 Å². The summed E-state index contributed by atoms with van der Waals surface area (Å²) in [4.78, 5) is 8.64. The molecule has 0 unspecified atom stereocenters. The van der Waals surface area contributed by atoms with Gasteiger partial charge in [0.25, 0.3) is 0 Å². The molecule has 0 bridgehead atoms. The van der Waals surface area contributed by atoms with E-state index in [0.29, 0.717) is 11.5 Å². The highest BCUT2D eigenvalue weighted by Crippen LogP contribution is 2.26. The zero-order valence-electron chi connectivity index (χ0n) is 15.6. The molecule has 0 aliphatic carbocycles. The summed E-state index contributed by atoms with van der Waals surface area (Å²) in [5.41, 5.74) is 6.64. The van der Waals surface area contributed by atoms with E-state index in [-0.39, 0.29) is 16.8 Å². The van der Waals surface area contributed by atoms with E-state index in [1.54, 1.807) is 12.1 Å². The normalized spacial score (nSPS) is 15.6. The number of anilines is 4. The molecule has 154 valence electrons. The van der Waals surface area contributed by atoms with Crippen LogP contribution in [0, 0.1) is 0 Å². The number of benzene rings is 1. The molecule has 1 aromatic carbocycles. The van der Waals surface area contributed by atoms with Crippen molar-refractivity contribution < 1.29 is 8.42 Å². The second-order valence-electron chi connectivity index (χ2n) is 6.60. The molecular formula is C15H20N10O2S2. The van der Waals surface area contributed by atoms with Gasteiger partial charge < -0.3 is 20.9 Å². The van der Waals surface area contributed by atoms with E-state index < -0.39 is 10.0 Å². The van der Waals surface area contributed by atoms with Crippen LogP contribution < -0.4 is 21.1 Å². The standard InChI is InChI=1S/C15H20N10O2S2/c1-23-6-8-24(9-7-23)12-13(22-28-21-12)25-14(16)19-15(20-25)18-10-2-4-11(5-3-10)29(17,26)27/h2-5H,6-9H2,1H3,(H2,17,26,27)(H3,16,18,19,20). The molecule has 12 nitrogen and oxygen atoms in total. The fraction of sp³-hybridized carbons (Fsp3) is 0.333. The topological polar surface area (TPSA) is 161 Å². The number of nitrogen functional groups attached to an aromatic ring is 1. The summed E-state index contributed by atoms with van der Waals surface area (Å²) in [6.45, 7) is 3.55. The van der Waals surface area contributed by atoms with E-state index >= 15 is 0 Å². The first-order valence-corrected chi connectivity index (χ1v) is 11.0. The van der Waals surface area contributed by atoms with Crippen molar-refractivity contribution in [2.45, 2.75) is 4.90 Å². The summed E-state index contributed by atoms with van der Waals surface area (Å²) in [7, 11) is -1.66.